The Balaban J connectivity index is 2.41. The molecule has 0 radical (unpaired) electrons. The minimum atomic E-state index is -1.61. The Morgan fingerprint density at radius 1 is 1.10 bits per heavy atom. The number of benzene rings is 2. The van der Waals surface area contributed by atoms with E-state index in [0.717, 1.165) is 6.07 Å². The van der Waals surface area contributed by atoms with E-state index in [-0.39, 0.29) is 5.56 Å². The lowest BCUT2D eigenvalue weighted by Crippen LogP contribution is -2.24. The number of ether oxygens (including phenoxy) is 1. The SMILES string of the molecule is CCOc1ccc(C(C)(O)c2cccc(F)c2F)cc1. The van der Waals surface area contributed by atoms with Gasteiger partial charge in [-0.25, -0.2) is 8.78 Å². The van der Waals surface area contributed by atoms with Crippen LogP contribution >= 0.6 is 0 Å². The maximum Gasteiger partial charge on any atom is 0.165 e. The summed E-state index contributed by atoms with van der Waals surface area (Å²) in [5, 5.41) is 10.5. The van der Waals surface area contributed by atoms with Crippen molar-refractivity contribution in [2.75, 3.05) is 6.61 Å². The molecule has 1 N–H and O–H groups in total. The lowest BCUT2D eigenvalue weighted by molar-refractivity contribution is 0.0969. The van der Waals surface area contributed by atoms with E-state index < -0.39 is 17.2 Å². The molecule has 2 aromatic carbocycles. The second kappa shape index (κ2) is 5.59. The fourth-order valence-electron chi connectivity index (χ4n) is 2.08. The molecule has 106 valence electrons. The molecule has 0 bridgehead atoms. The first-order valence-electron chi connectivity index (χ1n) is 6.37. The average Bonchev–Trinajstić information content (AvgIpc) is 2.42. The Labute approximate surface area is 116 Å². The van der Waals surface area contributed by atoms with E-state index in [1.54, 1.807) is 24.3 Å². The van der Waals surface area contributed by atoms with E-state index in [1.165, 1.54) is 19.1 Å². The van der Waals surface area contributed by atoms with Crippen LogP contribution in [0.4, 0.5) is 8.78 Å². The van der Waals surface area contributed by atoms with Gasteiger partial charge >= 0.3 is 0 Å². The topological polar surface area (TPSA) is 29.5 Å². The van der Waals surface area contributed by atoms with Gasteiger partial charge in [-0.3, -0.25) is 0 Å². The molecular formula is C16H16F2O2. The predicted molar refractivity (Wildman–Crippen MR) is 72.6 cm³/mol. The summed E-state index contributed by atoms with van der Waals surface area (Å²) in [5.74, 6) is -1.35. The van der Waals surface area contributed by atoms with Gasteiger partial charge in [-0.2, -0.15) is 0 Å². The van der Waals surface area contributed by atoms with Crippen molar-refractivity contribution in [2.24, 2.45) is 0 Å². The van der Waals surface area contributed by atoms with E-state index in [2.05, 4.69) is 0 Å². The summed E-state index contributed by atoms with van der Waals surface area (Å²) >= 11 is 0. The van der Waals surface area contributed by atoms with Crippen LogP contribution in [0.2, 0.25) is 0 Å². The minimum absolute atomic E-state index is 0.0957. The van der Waals surface area contributed by atoms with Gasteiger partial charge in [0.15, 0.2) is 11.6 Å². The van der Waals surface area contributed by atoms with Crippen molar-refractivity contribution in [3.8, 4) is 5.75 Å². The number of hydrogen-bond acceptors (Lipinski definition) is 2. The third kappa shape index (κ3) is 2.65. The van der Waals surface area contributed by atoms with Gasteiger partial charge in [0.25, 0.3) is 0 Å². The molecule has 2 aromatic rings. The lowest BCUT2D eigenvalue weighted by Gasteiger charge is -2.25. The summed E-state index contributed by atoms with van der Waals surface area (Å²) in [4.78, 5) is 0. The fourth-order valence-corrected chi connectivity index (χ4v) is 2.08. The summed E-state index contributed by atoms with van der Waals surface area (Å²) in [6.45, 7) is 3.83. The normalized spacial score (nSPS) is 13.8. The zero-order chi connectivity index (χ0) is 14.8. The molecule has 1 atom stereocenters. The first kappa shape index (κ1) is 14.5. The zero-order valence-electron chi connectivity index (χ0n) is 11.4. The molecule has 0 heterocycles. The van der Waals surface area contributed by atoms with E-state index in [4.69, 9.17) is 4.74 Å². The van der Waals surface area contributed by atoms with Crippen molar-refractivity contribution in [1.29, 1.82) is 0 Å². The molecule has 0 spiro atoms. The molecule has 2 rings (SSSR count). The maximum atomic E-state index is 13.8. The van der Waals surface area contributed by atoms with Gasteiger partial charge in [-0.15, -0.1) is 0 Å². The molecule has 0 aliphatic heterocycles. The van der Waals surface area contributed by atoms with E-state index in [0.29, 0.717) is 17.9 Å². The van der Waals surface area contributed by atoms with E-state index >= 15 is 0 Å². The van der Waals surface area contributed by atoms with Gasteiger partial charge < -0.3 is 9.84 Å². The van der Waals surface area contributed by atoms with Crippen molar-refractivity contribution in [3.63, 3.8) is 0 Å². The van der Waals surface area contributed by atoms with Gasteiger partial charge in [-0.05, 0) is 37.6 Å². The standard InChI is InChI=1S/C16H16F2O2/c1-3-20-12-9-7-11(8-10-12)16(2,19)13-5-4-6-14(17)15(13)18/h4-10,19H,3H2,1-2H3. The summed E-state index contributed by atoms with van der Waals surface area (Å²) in [6.07, 6.45) is 0. The largest absolute Gasteiger partial charge is 0.494 e. The minimum Gasteiger partial charge on any atom is -0.494 e. The molecule has 0 amide bonds. The Bertz CT molecular complexity index is 592. The molecule has 2 nitrogen and oxygen atoms in total. The van der Waals surface area contributed by atoms with Crippen molar-refractivity contribution in [1.82, 2.24) is 0 Å². The average molecular weight is 278 g/mol. The number of aliphatic hydroxyl groups is 1. The fraction of sp³-hybridized carbons (Fsp3) is 0.250. The lowest BCUT2D eigenvalue weighted by atomic mass is 9.88. The molecule has 20 heavy (non-hydrogen) atoms. The molecule has 0 saturated carbocycles. The second-order valence-corrected chi connectivity index (χ2v) is 4.63. The van der Waals surface area contributed by atoms with Crippen LogP contribution in [-0.2, 0) is 5.60 Å². The summed E-state index contributed by atoms with van der Waals surface area (Å²) < 4.78 is 32.4. The Hall–Kier alpha value is -1.94. The molecule has 1 unspecified atom stereocenters. The van der Waals surface area contributed by atoms with Crippen LogP contribution in [-0.4, -0.2) is 11.7 Å². The third-order valence-corrected chi connectivity index (χ3v) is 3.20. The second-order valence-electron chi connectivity index (χ2n) is 4.63. The highest BCUT2D eigenvalue weighted by Gasteiger charge is 2.30. The highest BCUT2D eigenvalue weighted by Crippen LogP contribution is 2.32. The van der Waals surface area contributed by atoms with Gasteiger partial charge in [0.2, 0.25) is 0 Å². The predicted octanol–water partition coefficient (Wildman–Crippen LogP) is 3.62. The van der Waals surface area contributed by atoms with E-state index in [1.807, 2.05) is 6.92 Å². The van der Waals surface area contributed by atoms with E-state index in [9.17, 15) is 13.9 Å². The Kier molecular flexibility index (Phi) is 4.04. The first-order chi connectivity index (χ1) is 9.46. The molecule has 0 aliphatic rings. The number of rotatable bonds is 4. The molecular weight excluding hydrogens is 262 g/mol. The van der Waals surface area contributed by atoms with Crippen molar-refractivity contribution >= 4 is 0 Å². The molecule has 0 aromatic heterocycles. The first-order valence-corrected chi connectivity index (χ1v) is 6.37. The monoisotopic (exact) mass is 278 g/mol. The zero-order valence-corrected chi connectivity index (χ0v) is 11.4. The Morgan fingerprint density at radius 3 is 2.35 bits per heavy atom. The van der Waals surface area contributed by atoms with Crippen LogP contribution in [0.25, 0.3) is 0 Å². The van der Waals surface area contributed by atoms with Gasteiger partial charge in [0, 0.05) is 5.56 Å². The summed E-state index contributed by atoms with van der Waals surface area (Å²) in [7, 11) is 0. The van der Waals surface area contributed by atoms with Crippen molar-refractivity contribution < 1.29 is 18.6 Å². The van der Waals surface area contributed by atoms with Crippen LogP contribution in [0.15, 0.2) is 42.5 Å². The molecule has 4 heteroatoms. The molecule has 0 fully saturated rings. The van der Waals surface area contributed by atoms with Crippen LogP contribution in [0.3, 0.4) is 0 Å². The van der Waals surface area contributed by atoms with Crippen LogP contribution < -0.4 is 4.74 Å². The van der Waals surface area contributed by atoms with Crippen molar-refractivity contribution in [3.05, 3.63) is 65.2 Å². The summed E-state index contributed by atoms with van der Waals surface area (Å²) in [6, 6.07) is 10.4. The summed E-state index contributed by atoms with van der Waals surface area (Å²) in [5.41, 5.74) is -1.25. The molecule has 0 aliphatic carbocycles. The van der Waals surface area contributed by atoms with Gasteiger partial charge in [-0.1, -0.05) is 24.3 Å². The third-order valence-electron chi connectivity index (χ3n) is 3.20. The number of hydrogen-bond donors (Lipinski definition) is 1. The number of halogens is 2. The maximum absolute atomic E-state index is 13.8. The van der Waals surface area contributed by atoms with Crippen molar-refractivity contribution in [2.45, 2.75) is 19.4 Å². The van der Waals surface area contributed by atoms with Crippen LogP contribution in [0.1, 0.15) is 25.0 Å². The highest BCUT2D eigenvalue weighted by molar-refractivity contribution is 5.38. The highest BCUT2D eigenvalue weighted by atomic mass is 19.2. The van der Waals surface area contributed by atoms with Crippen LogP contribution in [0.5, 0.6) is 5.75 Å². The smallest absolute Gasteiger partial charge is 0.165 e. The van der Waals surface area contributed by atoms with Crippen LogP contribution in [0, 0.1) is 11.6 Å². The molecule has 0 saturated heterocycles. The quantitative estimate of drug-likeness (QED) is 0.925. The Morgan fingerprint density at radius 2 is 1.75 bits per heavy atom. The van der Waals surface area contributed by atoms with Gasteiger partial charge in [0.05, 0.1) is 6.61 Å². The van der Waals surface area contributed by atoms with Gasteiger partial charge in [0.1, 0.15) is 11.4 Å².